The van der Waals surface area contributed by atoms with Crippen LogP contribution in [0.1, 0.15) is 51.9 Å². The van der Waals surface area contributed by atoms with E-state index in [4.69, 9.17) is 10.8 Å². The molecule has 1 rings (SSSR count). The Bertz CT molecular complexity index is 312. The molecule has 1 amide bonds. The third kappa shape index (κ3) is 5.59. The van der Waals surface area contributed by atoms with E-state index in [0.29, 0.717) is 19.5 Å². The molecule has 110 valence electrons. The Morgan fingerprint density at radius 2 is 1.95 bits per heavy atom. The highest BCUT2D eigenvalue weighted by Gasteiger charge is 2.32. The zero-order valence-corrected chi connectivity index (χ0v) is 11.8. The SMILES string of the molecule is CC(CNC(=O)CC1(CN)CCCCC1)CC(=O)O. The Balaban J connectivity index is 2.35. The number of nitrogens with two attached hydrogens (primary N) is 1. The highest BCUT2D eigenvalue weighted by atomic mass is 16.4. The number of hydrogen-bond acceptors (Lipinski definition) is 3. The summed E-state index contributed by atoms with van der Waals surface area (Å²) in [5, 5.41) is 11.5. The highest BCUT2D eigenvalue weighted by Crippen LogP contribution is 2.38. The lowest BCUT2D eigenvalue weighted by Crippen LogP contribution is -2.39. The normalized spacial score (nSPS) is 19.7. The Morgan fingerprint density at radius 3 is 2.47 bits per heavy atom. The first-order chi connectivity index (χ1) is 8.97. The van der Waals surface area contributed by atoms with Crippen LogP contribution < -0.4 is 11.1 Å². The number of nitrogens with one attached hydrogen (secondary N) is 1. The van der Waals surface area contributed by atoms with E-state index in [1.54, 1.807) is 0 Å². The number of carboxylic acid groups (broad SMARTS) is 1. The second kappa shape index (κ2) is 7.48. The molecule has 0 heterocycles. The minimum absolute atomic E-state index is 0.00425. The molecule has 1 fully saturated rings. The van der Waals surface area contributed by atoms with E-state index in [2.05, 4.69) is 5.32 Å². The number of rotatable bonds is 7. The van der Waals surface area contributed by atoms with Gasteiger partial charge >= 0.3 is 5.97 Å². The Hall–Kier alpha value is -1.10. The Morgan fingerprint density at radius 1 is 1.32 bits per heavy atom. The summed E-state index contributed by atoms with van der Waals surface area (Å²) < 4.78 is 0. The van der Waals surface area contributed by atoms with Gasteiger partial charge in [-0.3, -0.25) is 9.59 Å². The van der Waals surface area contributed by atoms with Crippen LogP contribution in [0.4, 0.5) is 0 Å². The standard InChI is InChI=1S/C14H26N2O3/c1-11(7-13(18)19)9-16-12(17)8-14(10-15)5-3-2-4-6-14/h11H,2-10,15H2,1H3,(H,16,17)(H,18,19). The summed E-state index contributed by atoms with van der Waals surface area (Å²) in [5.41, 5.74) is 5.82. The number of carbonyl (C=O) groups excluding carboxylic acids is 1. The fraction of sp³-hybridized carbons (Fsp3) is 0.857. The van der Waals surface area contributed by atoms with Gasteiger partial charge < -0.3 is 16.2 Å². The molecular formula is C14H26N2O3. The molecule has 0 aromatic rings. The van der Waals surface area contributed by atoms with Crippen LogP contribution in [-0.2, 0) is 9.59 Å². The van der Waals surface area contributed by atoms with Crippen LogP contribution in [0.3, 0.4) is 0 Å². The largest absolute Gasteiger partial charge is 0.481 e. The lowest BCUT2D eigenvalue weighted by atomic mass is 9.71. The number of carboxylic acids is 1. The van der Waals surface area contributed by atoms with E-state index in [1.165, 1.54) is 6.42 Å². The molecular weight excluding hydrogens is 244 g/mol. The second-order valence-electron chi connectivity index (χ2n) is 5.95. The summed E-state index contributed by atoms with van der Waals surface area (Å²) in [6, 6.07) is 0. The third-order valence-corrected chi connectivity index (χ3v) is 4.05. The summed E-state index contributed by atoms with van der Waals surface area (Å²) in [6.45, 7) is 2.81. The molecule has 0 spiro atoms. The molecule has 5 heteroatoms. The van der Waals surface area contributed by atoms with Crippen LogP contribution in [0.25, 0.3) is 0 Å². The molecule has 5 nitrogen and oxygen atoms in total. The van der Waals surface area contributed by atoms with Gasteiger partial charge in [0.1, 0.15) is 0 Å². The van der Waals surface area contributed by atoms with Crippen molar-refractivity contribution in [3.05, 3.63) is 0 Å². The van der Waals surface area contributed by atoms with E-state index in [9.17, 15) is 9.59 Å². The van der Waals surface area contributed by atoms with E-state index >= 15 is 0 Å². The van der Waals surface area contributed by atoms with Crippen molar-refractivity contribution in [2.75, 3.05) is 13.1 Å². The fourth-order valence-corrected chi connectivity index (χ4v) is 2.82. The lowest BCUT2D eigenvalue weighted by Gasteiger charge is -2.35. The smallest absolute Gasteiger partial charge is 0.303 e. The van der Waals surface area contributed by atoms with Crippen molar-refractivity contribution in [1.29, 1.82) is 0 Å². The number of aliphatic carboxylic acids is 1. The van der Waals surface area contributed by atoms with E-state index in [1.807, 2.05) is 6.92 Å². The van der Waals surface area contributed by atoms with Gasteiger partial charge in [-0.05, 0) is 30.7 Å². The van der Waals surface area contributed by atoms with Gasteiger partial charge in [-0.25, -0.2) is 0 Å². The van der Waals surface area contributed by atoms with Crippen LogP contribution in [0, 0.1) is 11.3 Å². The Kier molecular flexibility index (Phi) is 6.28. The molecule has 1 aliphatic rings. The van der Waals surface area contributed by atoms with Crippen LogP contribution in [0.5, 0.6) is 0 Å². The van der Waals surface area contributed by atoms with Crippen molar-refractivity contribution in [2.45, 2.75) is 51.9 Å². The maximum absolute atomic E-state index is 12.0. The summed E-state index contributed by atoms with van der Waals surface area (Å²) in [6.07, 6.45) is 6.16. The van der Waals surface area contributed by atoms with E-state index in [0.717, 1.165) is 25.7 Å². The number of carbonyl (C=O) groups is 2. The summed E-state index contributed by atoms with van der Waals surface area (Å²) in [7, 11) is 0. The molecule has 0 bridgehead atoms. The molecule has 0 aromatic carbocycles. The fourth-order valence-electron chi connectivity index (χ4n) is 2.82. The lowest BCUT2D eigenvalue weighted by molar-refractivity contribution is -0.138. The average Bonchev–Trinajstić information content (AvgIpc) is 2.37. The maximum Gasteiger partial charge on any atom is 0.303 e. The van der Waals surface area contributed by atoms with Gasteiger partial charge in [-0.1, -0.05) is 26.2 Å². The first-order valence-electron chi connectivity index (χ1n) is 7.16. The molecule has 1 saturated carbocycles. The van der Waals surface area contributed by atoms with Gasteiger partial charge in [-0.15, -0.1) is 0 Å². The summed E-state index contributed by atoms with van der Waals surface area (Å²) in [4.78, 5) is 22.5. The minimum Gasteiger partial charge on any atom is -0.481 e. The average molecular weight is 270 g/mol. The number of hydrogen-bond donors (Lipinski definition) is 3. The monoisotopic (exact) mass is 270 g/mol. The molecule has 4 N–H and O–H groups in total. The number of amides is 1. The van der Waals surface area contributed by atoms with Gasteiger partial charge in [0.25, 0.3) is 0 Å². The summed E-state index contributed by atoms with van der Waals surface area (Å²) >= 11 is 0. The van der Waals surface area contributed by atoms with Gasteiger partial charge in [0, 0.05) is 19.4 Å². The molecule has 0 saturated heterocycles. The van der Waals surface area contributed by atoms with Gasteiger partial charge in [0.2, 0.25) is 5.91 Å². The molecule has 19 heavy (non-hydrogen) atoms. The van der Waals surface area contributed by atoms with Crippen LogP contribution in [0.15, 0.2) is 0 Å². The van der Waals surface area contributed by atoms with E-state index in [-0.39, 0.29) is 23.7 Å². The predicted octanol–water partition coefficient (Wildman–Crippen LogP) is 1.51. The van der Waals surface area contributed by atoms with Crippen molar-refractivity contribution in [3.63, 3.8) is 0 Å². The quantitative estimate of drug-likeness (QED) is 0.654. The van der Waals surface area contributed by atoms with Gasteiger partial charge in [0.05, 0.1) is 0 Å². The third-order valence-electron chi connectivity index (χ3n) is 4.05. The minimum atomic E-state index is -0.826. The van der Waals surface area contributed by atoms with Crippen LogP contribution in [-0.4, -0.2) is 30.1 Å². The zero-order valence-electron chi connectivity index (χ0n) is 11.8. The molecule has 1 atom stereocenters. The molecule has 0 radical (unpaired) electrons. The zero-order chi connectivity index (χ0) is 14.3. The van der Waals surface area contributed by atoms with Crippen LogP contribution >= 0.6 is 0 Å². The highest BCUT2D eigenvalue weighted by molar-refractivity contribution is 5.76. The summed E-state index contributed by atoms with van der Waals surface area (Å²) in [5.74, 6) is -0.862. The first kappa shape index (κ1) is 16.0. The Labute approximate surface area is 114 Å². The van der Waals surface area contributed by atoms with E-state index < -0.39 is 5.97 Å². The second-order valence-corrected chi connectivity index (χ2v) is 5.95. The predicted molar refractivity (Wildman–Crippen MR) is 73.6 cm³/mol. The first-order valence-corrected chi connectivity index (χ1v) is 7.16. The molecule has 0 aromatic heterocycles. The van der Waals surface area contributed by atoms with Crippen molar-refractivity contribution in [2.24, 2.45) is 17.1 Å². The molecule has 0 aliphatic heterocycles. The van der Waals surface area contributed by atoms with Crippen molar-refractivity contribution >= 4 is 11.9 Å². The van der Waals surface area contributed by atoms with Crippen molar-refractivity contribution < 1.29 is 14.7 Å². The van der Waals surface area contributed by atoms with Crippen molar-refractivity contribution in [1.82, 2.24) is 5.32 Å². The van der Waals surface area contributed by atoms with Gasteiger partial charge in [-0.2, -0.15) is 0 Å². The molecule has 1 unspecified atom stereocenters. The van der Waals surface area contributed by atoms with Crippen molar-refractivity contribution in [3.8, 4) is 0 Å². The van der Waals surface area contributed by atoms with Gasteiger partial charge in [0.15, 0.2) is 0 Å². The maximum atomic E-state index is 12.0. The molecule has 1 aliphatic carbocycles. The van der Waals surface area contributed by atoms with Crippen LogP contribution in [0.2, 0.25) is 0 Å². The topological polar surface area (TPSA) is 92.4 Å².